The maximum absolute atomic E-state index is 12.7. The summed E-state index contributed by atoms with van der Waals surface area (Å²) >= 11 is 5.93. The molecule has 138 valence electrons. The summed E-state index contributed by atoms with van der Waals surface area (Å²) in [4.78, 5) is 12.7. The van der Waals surface area contributed by atoms with E-state index in [2.05, 4.69) is 5.32 Å². The molecule has 3 rings (SSSR count). The van der Waals surface area contributed by atoms with Crippen LogP contribution in [0.15, 0.2) is 48.5 Å². The number of nitrogens with one attached hydrogen (secondary N) is 1. The van der Waals surface area contributed by atoms with Crippen LogP contribution in [0.2, 0.25) is 5.02 Å². The van der Waals surface area contributed by atoms with E-state index in [0.717, 1.165) is 24.0 Å². The molecule has 0 radical (unpaired) electrons. The normalized spacial score (nSPS) is 16.2. The average molecular weight is 374 g/mol. The van der Waals surface area contributed by atoms with E-state index in [9.17, 15) is 9.90 Å². The fraction of sp³-hybridized carbons (Fsp3) is 0.381. The zero-order valence-electron chi connectivity index (χ0n) is 15.0. The Bertz CT molecular complexity index is 769. The van der Waals surface area contributed by atoms with Crippen molar-refractivity contribution in [1.29, 1.82) is 0 Å². The van der Waals surface area contributed by atoms with Crippen LogP contribution in [-0.2, 0) is 10.2 Å². The molecular formula is C21H24ClNO3. The highest BCUT2D eigenvalue weighted by atomic mass is 35.5. The van der Waals surface area contributed by atoms with Gasteiger partial charge in [0.15, 0.2) is 0 Å². The molecule has 0 bridgehead atoms. The van der Waals surface area contributed by atoms with Crippen LogP contribution in [0.4, 0.5) is 0 Å². The summed E-state index contributed by atoms with van der Waals surface area (Å²) in [6.45, 7) is 4.07. The van der Waals surface area contributed by atoms with Crippen LogP contribution >= 0.6 is 11.6 Å². The summed E-state index contributed by atoms with van der Waals surface area (Å²) in [5.41, 5.74) is 1.22. The summed E-state index contributed by atoms with van der Waals surface area (Å²) in [6, 6.07) is 14.7. The number of benzene rings is 2. The van der Waals surface area contributed by atoms with Gasteiger partial charge in [-0.1, -0.05) is 35.9 Å². The van der Waals surface area contributed by atoms with Crippen molar-refractivity contribution in [3.63, 3.8) is 0 Å². The van der Waals surface area contributed by atoms with E-state index in [1.54, 1.807) is 12.1 Å². The Kier molecular flexibility index (Phi) is 5.54. The fourth-order valence-electron chi connectivity index (χ4n) is 3.08. The van der Waals surface area contributed by atoms with E-state index in [1.807, 2.05) is 50.2 Å². The highest BCUT2D eigenvalue weighted by Crippen LogP contribution is 2.48. The zero-order chi connectivity index (χ0) is 18.7. The molecule has 4 nitrogen and oxygen atoms in total. The summed E-state index contributed by atoms with van der Waals surface area (Å²) in [7, 11) is 0. The minimum absolute atomic E-state index is 0.0477. The monoisotopic (exact) mass is 373 g/mol. The van der Waals surface area contributed by atoms with Crippen LogP contribution < -0.4 is 10.1 Å². The molecule has 1 aliphatic rings. The number of amides is 1. The minimum Gasteiger partial charge on any atom is -0.491 e. The van der Waals surface area contributed by atoms with Crippen molar-refractivity contribution in [2.45, 2.75) is 44.3 Å². The molecule has 0 aromatic heterocycles. The second-order valence-electron chi connectivity index (χ2n) is 7.05. The number of rotatable bonds is 7. The third-order valence-corrected chi connectivity index (χ3v) is 4.90. The fourth-order valence-corrected chi connectivity index (χ4v) is 3.21. The zero-order valence-corrected chi connectivity index (χ0v) is 15.8. The van der Waals surface area contributed by atoms with Crippen molar-refractivity contribution in [2.24, 2.45) is 0 Å². The molecule has 0 aliphatic heterocycles. The Morgan fingerprint density at radius 3 is 2.54 bits per heavy atom. The van der Waals surface area contributed by atoms with Crippen LogP contribution in [-0.4, -0.2) is 23.7 Å². The SMILES string of the molecule is CC(C)Oc1cccc(C(O)CNC(=O)C2(c3ccc(Cl)cc3)CC2)c1. The average Bonchev–Trinajstić information content (AvgIpc) is 3.41. The molecule has 1 saturated carbocycles. The standard InChI is InChI=1S/C21H24ClNO3/c1-14(2)26-18-5-3-4-15(12-18)19(24)13-23-20(25)21(10-11-21)16-6-8-17(22)9-7-16/h3-9,12,14,19,24H,10-11,13H2,1-2H3,(H,23,25). The number of halogens is 1. The first kappa shape index (κ1) is 18.7. The second kappa shape index (κ2) is 7.68. The maximum Gasteiger partial charge on any atom is 0.230 e. The number of hydrogen-bond donors (Lipinski definition) is 2. The molecule has 1 aliphatic carbocycles. The summed E-state index contributed by atoms with van der Waals surface area (Å²) in [5.74, 6) is 0.663. The predicted molar refractivity (Wildman–Crippen MR) is 103 cm³/mol. The van der Waals surface area contributed by atoms with E-state index in [4.69, 9.17) is 16.3 Å². The Hall–Kier alpha value is -2.04. The predicted octanol–water partition coefficient (Wildman–Crippen LogP) is 4.01. The molecule has 2 aromatic carbocycles. The van der Waals surface area contributed by atoms with Gasteiger partial charge in [-0.3, -0.25) is 4.79 Å². The van der Waals surface area contributed by atoms with Crippen LogP contribution in [0, 0.1) is 0 Å². The Labute approximate surface area is 159 Å². The third-order valence-electron chi connectivity index (χ3n) is 4.65. The van der Waals surface area contributed by atoms with Crippen LogP contribution in [0.1, 0.15) is 43.9 Å². The molecule has 0 heterocycles. The quantitative estimate of drug-likeness (QED) is 0.771. The van der Waals surface area contributed by atoms with Gasteiger partial charge in [0.25, 0.3) is 0 Å². The Balaban J connectivity index is 1.62. The summed E-state index contributed by atoms with van der Waals surface area (Å²) < 4.78 is 5.65. The van der Waals surface area contributed by atoms with Gasteiger partial charge in [-0.15, -0.1) is 0 Å². The van der Waals surface area contributed by atoms with E-state index in [-0.39, 0.29) is 18.6 Å². The first-order chi connectivity index (χ1) is 12.4. The van der Waals surface area contributed by atoms with Crippen molar-refractivity contribution in [3.8, 4) is 5.75 Å². The van der Waals surface area contributed by atoms with E-state index >= 15 is 0 Å². The highest BCUT2D eigenvalue weighted by Gasteiger charge is 2.51. The lowest BCUT2D eigenvalue weighted by molar-refractivity contribution is -0.124. The van der Waals surface area contributed by atoms with Crippen molar-refractivity contribution < 1.29 is 14.6 Å². The number of carbonyl (C=O) groups excluding carboxylic acids is 1. The highest BCUT2D eigenvalue weighted by molar-refractivity contribution is 6.30. The van der Waals surface area contributed by atoms with Gasteiger partial charge in [-0.25, -0.2) is 0 Å². The Morgan fingerprint density at radius 2 is 1.92 bits per heavy atom. The first-order valence-electron chi connectivity index (χ1n) is 8.90. The van der Waals surface area contributed by atoms with Gasteiger partial charge in [-0.2, -0.15) is 0 Å². The molecule has 0 spiro atoms. The van der Waals surface area contributed by atoms with Gasteiger partial charge in [0.2, 0.25) is 5.91 Å². The molecule has 5 heteroatoms. The number of aliphatic hydroxyl groups is 1. The Morgan fingerprint density at radius 1 is 1.23 bits per heavy atom. The van der Waals surface area contributed by atoms with Gasteiger partial charge in [-0.05, 0) is 62.1 Å². The van der Waals surface area contributed by atoms with Gasteiger partial charge in [0.05, 0.1) is 17.6 Å². The summed E-state index contributed by atoms with van der Waals surface area (Å²) in [6.07, 6.45) is 0.912. The largest absolute Gasteiger partial charge is 0.491 e. The molecule has 2 N–H and O–H groups in total. The van der Waals surface area contributed by atoms with Crippen LogP contribution in [0.5, 0.6) is 5.75 Å². The van der Waals surface area contributed by atoms with E-state index in [0.29, 0.717) is 10.8 Å². The number of ether oxygens (including phenoxy) is 1. The molecule has 1 amide bonds. The molecular weight excluding hydrogens is 350 g/mol. The lowest BCUT2D eigenvalue weighted by Gasteiger charge is -2.19. The van der Waals surface area contributed by atoms with Crippen molar-refractivity contribution in [1.82, 2.24) is 5.32 Å². The second-order valence-corrected chi connectivity index (χ2v) is 7.49. The van der Waals surface area contributed by atoms with Crippen molar-refractivity contribution in [2.75, 3.05) is 6.54 Å². The molecule has 1 unspecified atom stereocenters. The van der Waals surface area contributed by atoms with Crippen LogP contribution in [0.25, 0.3) is 0 Å². The van der Waals surface area contributed by atoms with Crippen molar-refractivity contribution in [3.05, 3.63) is 64.7 Å². The van der Waals surface area contributed by atoms with E-state index in [1.165, 1.54) is 0 Å². The van der Waals surface area contributed by atoms with Gasteiger partial charge in [0.1, 0.15) is 5.75 Å². The number of hydrogen-bond acceptors (Lipinski definition) is 3. The maximum atomic E-state index is 12.7. The molecule has 0 saturated heterocycles. The topological polar surface area (TPSA) is 58.6 Å². The third kappa shape index (κ3) is 4.19. The van der Waals surface area contributed by atoms with Gasteiger partial charge >= 0.3 is 0 Å². The lowest BCUT2D eigenvalue weighted by atomic mass is 9.95. The number of aliphatic hydroxyl groups excluding tert-OH is 1. The van der Waals surface area contributed by atoms with E-state index < -0.39 is 11.5 Å². The van der Waals surface area contributed by atoms with Crippen LogP contribution in [0.3, 0.4) is 0 Å². The van der Waals surface area contributed by atoms with Gasteiger partial charge < -0.3 is 15.2 Å². The van der Waals surface area contributed by atoms with Crippen molar-refractivity contribution >= 4 is 17.5 Å². The molecule has 1 atom stereocenters. The lowest BCUT2D eigenvalue weighted by Crippen LogP contribution is -2.37. The summed E-state index contributed by atoms with van der Waals surface area (Å²) in [5, 5.41) is 14.0. The molecule has 1 fully saturated rings. The van der Waals surface area contributed by atoms with Gasteiger partial charge in [0, 0.05) is 11.6 Å². The smallest absolute Gasteiger partial charge is 0.230 e. The number of carbonyl (C=O) groups is 1. The first-order valence-corrected chi connectivity index (χ1v) is 9.27. The minimum atomic E-state index is -0.782. The molecule has 26 heavy (non-hydrogen) atoms. The molecule has 2 aromatic rings.